The molecule has 29 heavy (non-hydrogen) atoms. The Hall–Kier alpha value is -2.16. The van der Waals surface area contributed by atoms with Crippen molar-refractivity contribution in [1.29, 1.82) is 0 Å². The van der Waals surface area contributed by atoms with E-state index in [2.05, 4.69) is 43.3 Å². The van der Waals surface area contributed by atoms with Crippen LogP contribution in [0.1, 0.15) is 68.1 Å². The average Bonchev–Trinajstić information content (AvgIpc) is 2.75. The highest BCUT2D eigenvalue weighted by Gasteiger charge is 2.25. The van der Waals surface area contributed by atoms with Crippen molar-refractivity contribution in [3.05, 3.63) is 76.9 Å². The van der Waals surface area contributed by atoms with E-state index in [0.29, 0.717) is 11.5 Å². The first-order valence-corrected chi connectivity index (χ1v) is 10.9. The molecule has 3 heteroatoms. The lowest BCUT2D eigenvalue weighted by Gasteiger charge is -2.27. The maximum Gasteiger partial charge on any atom is 0.200 e. The molecule has 1 fully saturated rings. The van der Waals surface area contributed by atoms with Gasteiger partial charge >= 0.3 is 0 Å². The highest BCUT2D eigenvalue weighted by atomic mass is 19.2. The SMILES string of the molecule is CCCc1ccc(CCC=CC2CCC(c3ccc(OC)c(F)c3F)CC2)cc1. The van der Waals surface area contributed by atoms with Crippen molar-refractivity contribution in [1.82, 2.24) is 0 Å². The Labute approximate surface area is 173 Å². The van der Waals surface area contributed by atoms with Crippen LogP contribution in [0.3, 0.4) is 0 Å². The van der Waals surface area contributed by atoms with Crippen molar-refractivity contribution in [2.75, 3.05) is 7.11 Å². The number of hydrogen-bond acceptors (Lipinski definition) is 1. The fraction of sp³-hybridized carbons (Fsp3) is 0.462. The molecule has 1 nitrogen and oxygen atoms in total. The Morgan fingerprint density at radius 1 is 0.897 bits per heavy atom. The minimum Gasteiger partial charge on any atom is -0.494 e. The zero-order chi connectivity index (χ0) is 20.6. The maximum atomic E-state index is 14.3. The second-order valence-electron chi connectivity index (χ2n) is 8.13. The lowest BCUT2D eigenvalue weighted by molar-refractivity contribution is 0.349. The van der Waals surface area contributed by atoms with Gasteiger partial charge in [-0.3, -0.25) is 0 Å². The van der Waals surface area contributed by atoms with E-state index in [4.69, 9.17) is 4.74 Å². The second kappa shape index (κ2) is 10.6. The summed E-state index contributed by atoms with van der Waals surface area (Å²) in [6.07, 6.45) is 12.9. The van der Waals surface area contributed by atoms with Gasteiger partial charge in [0.25, 0.3) is 0 Å². The molecule has 2 aromatic carbocycles. The van der Waals surface area contributed by atoms with Crippen molar-refractivity contribution >= 4 is 0 Å². The minimum absolute atomic E-state index is 0.0251. The first-order valence-electron chi connectivity index (χ1n) is 10.9. The van der Waals surface area contributed by atoms with E-state index in [9.17, 15) is 8.78 Å². The Morgan fingerprint density at radius 2 is 1.55 bits per heavy atom. The third-order valence-electron chi connectivity index (χ3n) is 6.08. The van der Waals surface area contributed by atoms with Crippen LogP contribution in [-0.2, 0) is 12.8 Å². The smallest absolute Gasteiger partial charge is 0.200 e. The largest absolute Gasteiger partial charge is 0.494 e. The van der Waals surface area contributed by atoms with Crippen LogP contribution in [0.25, 0.3) is 0 Å². The highest BCUT2D eigenvalue weighted by Crippen LogP contribution is 2.39. The first kappa shape index (κ1) is 21.5. The van der Waals surface area contributed by atoms with Crippen LogP contribution in [0.15, 0.2) is 48.6 Å². The fourth-order valence-electron chi connectivity index (χ4n) is 4.34. The van der Waals surface area contributed by atoms with Crippen LogP contribution in [-0.4, -0.2) is 7.11 Å². The van der Waals surface area contributed by atoms with Crippen LogP contribution >= 0.6 is 0 Å². The van der Waals surface area contributed by atoms with Gasteiger partial charge in [0.15, 0.2) is 11.6 Å². The van der Waals surface area contributed by atoms with Gasteiger partial charge < -0.3 is 4.74 Å². The summed E-state index contributed by atoms with van der Waals surface area (Å²) in [5.74, 6) is -0.989. The lowest BCUT2D eigenvalue weighted by atomic mass is 9.78. The van der Waals surface area contributed by atoms with Gasteiger partial charge in [-0.05, 0) is 79.5 Å². The molecular weight excluding hydrogens is 366 g/mol. The number of benzene rings is 2. The van der Waals surface area contributed by atoms with Crippen molar-refractivity contribution in [3.63, 3.8) is 0 Å². The molecule has 3 rings (SSSR count). The van der Waals surface area contributed by atoms with Gasteiger partial charge in [-0.15, -0.1) is 0 Å². The summed E-state index contributed by atoms with van der Waals surface area (Å²) in [5, 5.41) is 0. The predicted molar refractivity (Wildman–Crippen MR) is 116 cm³/mol. The molecule has 0 atom stereocenters. The van der Waals surface area contributed by atoms with E-state index in [1.165, 1.54) is 30.7 Å². The monoisotopic (exact) mass is 398 g/mol. The molecule has 0 bridgehead atoms. The van der Waals surface area contributed by atoms with Gasteiger partial charge in [-0.1, -0.05) is 55.8 Å². The van der Waals surface area contributed by atoms with Gasteiger partial charge in [-0.25, -0.2) is 4.39 Å². The van der Waals surface area contributed by atoms with E-state index in [1.54, 1.807) is 6.07 Å². The summed E-state index contributed by atoms with van der Waals surface area (Å²) < 4.78 is 33.2. The standard InChI is InChI=1S/C26H32F2O/c1-3-6-19-9-11-20(12-10-19)7-4-5-8-21-13-15-22(16-14-21)23-17-18-24(29-2)26(28)25(23)27/h5,8-12,17-18,21-22H,3-4,6-7,13-16H2,1-2H3. The average molecular weight is 399 g/mol. The third-order valence-corrected chi connectivity index (χ3v) is 6.08. The van der Waals surface area contributed by atoms with E-state index in [1.807, 2.05) is 0 Å². The molecule has 2 aromatic rings. The van der Waals surface area contributed by atoms with Gasteiger partial charge in [0.2, 0.25) is 5.82 Å². The van der Waals surface area contributed by atoms with Gasteiger partial charge in [0.05, 0.1) is 7.11 Å². The molecular formula is C26H32F2O. The van der Waals surface area contributed by atoms with Crippen molar-refractivity contribution in [3.8, 4) is 5.75 Å². The fourth-order valence-corrected chi connectivity index (χ4v) is 4.34. The zero-order valence-corrected chi connectivity index (χ0v) is 17.6. The van der Waals surface area contributed by atoms with Crippen LogP contribution in [0.2, 0.25) is 0 Å². The number of hydrogen-bond donors (Lipinski definition) is 0. The van der Waals surface area contributed by atoms with Crippen molar-refractivity contribution in [2.24, 2.45) is 5.92 Å². The summed E-state index contributed by atoms with van der Waals surface area (Å²) in [6, 6.07) is 12.2. The number of methoxy groups -OCH3 is 1. The van der Waals surface area contributed by atoms with Gasteiger partial charge in [0, 0.05) is 0 Å². The quantitative estimate of drug-likeness (QED) is 0.421. The Morgan fingerprint density at radius 3 is 2.17 bits per heavy atom. The molecule has 1 aliphatic rings. The molecule has 0 saturated heterocycles. The third kappa shape index (κ3) is 5.68. The lowest BCUT2D eigenvalue weighted by Crippen LogP contribution is -2.13. The van der Waals surface area contributed by atoms with Gasteiger partial charge in [0.1, 0.15) is 0 Å². The molecule has 0 unspecified atom stereocenters. The summed E-state index contributed by atoms with van der Waals surface area (Å²) >= 11 is 0. The number of aryl methyl sites for hydroxylation is 2. The number of ether oxygens (including phenoxy) is 1. The highest BCUT2D eigenvalue weighted by molar-refractivity contribution is 5.33. The van der Waals surface area contributed by atoms with E-state index < -0.39 is 11.6 Å². The molecule has 0 radical (unpaired) electrons. The molecule has 0 spiro atoms. The Kier molecular flexibility index (Phi) is 7.85. The minimum atomic E-state index is -0.866. The topological polar surface area (TPSA) is 9.23 Å². The van der Waals surface area contributed by atoms with Crippen molar-refractivity contribution in [2.45, 2.75) is 64.2 Å². The summed E-state index contributed by atoms with van der Waals surface area (Å²) in [4.78, 5) is 0. The van der Waals surface area contributed by atoms with Crippen LogP contribution in [0.5, 0.6) is 5.75 Å². The van der Waals surface area contributed by atoms with Gasteiger partial charge in [-0.2, -0.15) is 4.39 Å². The van der Waals surface area contributed by atoms with Crippen molar-refractivity contribution < 1.29 is 13.5 Å². The Balaban J connectivity index is 1.45. The number of allylic oxidation sites excluding steroid dienone is 2. The number of halogens is 2. The molecule has 0 amide bonds. The predicted octanol–water partition coefficient (Wildman–Crippen LogP) is 7.39. The molecule has 0 N–H and O–H groups in total. The van der Waals surface area contributed by atoms with Crippen LogP contribution < -0.4 is 4.74 Å². The van der Waals surface area contributed by atoms with Crippen LogP contribution in [0.4, 0.5) is 8.78 Å². The number of rotatable bonds is 8. The summed E-state index contributed by atoms with van der Waals surface area (Å²) in [7, 11) is 1.36. The molecule has 1 saturated carbocycles. The zero-order valence-electron chi connectivity index (χ0n) is 17.6. The Bertz CT molecular complexity index is 802. The van der Waals surface area contributed by atoms with Crippen LogP contribution in [0, 0.1) is 17.6 Å². The van der Waals surface area contributed by atoms with E-state index >= 15 is 0 Å². The normalized spacial score (nSPS) is 19.6. The van der Waals surface area contributed by atoms with E-state index in [0.717, 1.165) is 44.9 Å². The van der Waals surface area contributed by atoms with E-state index in [-0.39, 0.29) is 11.7 Å². The molecule has 0 aromatic heterocycles. The maximum absolute atomic E-state index is 14.3. The summed E-state index contributed by atoms with van der Waals surface area (Å²) in [5.41, 5.74) is 3.30. The molecule has 0 heterocycles. The molecule has 1 aliphatic carbocycles. The molecule has 0 aliphatic heterocycles. The summed E-state index contributed by atoms with van der Waals surface area (Å²) in [6.45, 7) is 2.21. The second-order valence-corrected chi connectivity index (χ2v) is 8.13. The molecule has 156 valence electrons. The first-order chi connectivity index (χ1) is 14.1.